The van der Waals surface area contributed by atoms with Crippen molar-refractivity contribution in [3.63, 3.8) is 0 Å². The lowest BCUT2D eigenvalue weighted by atomic mass is 9.89. The van der Waals surface area contributed by atoms with Crippen LogP contribution in [0.2, 0.25) is 0 Å². The van der Waals surface area contributed by atoms with Gasteiger partial charge in [-0.05, 0) is 0 Å². The van der Waals surface area contributed by atoms with Gasteiger partial charge in [-0.3, -0.25) is 0 Å². The summed E-state index contributed by atoms with van der Waals surface area (Å²) in [4.78, 5) is 0. The Labute approximate surface area is 68.7 Å². The third kappa shape index (κ3) is 1.74. The van der Waals surface area contributed by atoms with Crippen molar-refractivity contribution in [1.82, 2.24) is 0 Å². The van der Waals surface area contributed by atoms with E-state index in [0.29, 0.717) is 0 Å². The fraction of sp³-hybridized carbons (Fsp3) is 1.00. The molecule has 0 bridgehead atoms. The summed E-state index contributed by atoms with van der Waals surface area (Å²) in [6.45, 7) is 4.16. The van der Waals surface area contributed by atoms with E-state index in [4.69, 9.17) is 0 Å². The molecule has 0 radical (unpaired) electrons. The second kappa shape index (κ2) is 3.55. The molecule has 0 saturated carbocycles. The first-order chi connectivity index (χ1) is 5.47. The van der Waals surface area contributed by atoms with E-state index < -0.39 is 0 Å². The highest BCUT2D eigenvalue weighted by atomic mass is 15.0. The Morgan fingerprint density at radius 2 is 1.73 bits per heavy atom. The van der Waals surface area contributed by atoms with Gasteiger partial charge in [0.25, 0.3) is 0 Å². The fourth-order valence-corrected chi connectivity index (χ4v) is 2.61. The maximum Gasteiger partial charge on any atom is 0.0894 e. The minimum Gasteiger partial charge on any atom is -0.346 e. The smallest absolute Gasteiger partial charge is 0.0894 e. The normalized spacial score (nSPS) is 34.4. The number of hydrogen-bond acceptors (Lipinski definition) is 0. The number of piperidine rings is 1. The molecule has 2 heterocycles. The summed E-state index contributed by atoms with van der Waals surface area (Å²) in [5.74, 6) is 1.06. The number of rotatable bonds is 1. The van der Waals surface area contributed by atoms with E-state index in [-0.39, 0.29) is 0 Å². The average molecular weight is 156 g/mol. The second-order valence-corrected chi connectivity index (χ2v) is 4.03. The Balaban J connectivity index is 1.82. The predicted molar refractivity (Wildman–Crippen MR) is 44.2 cm³/mol. The van der Waals surface area contributed by atoms with Crippen molar-refractivity contribution in [3.8, 4) is 0 Å². The van der Waals surface area contributed by atoms with Crippen molar-refractivity contribution in [3.05, 3.63) is 0 Å². The zero-order chi connectivity index (χ0) is 7.52. The minimum absolute atomic E-state index is 1.00. The molecule has 0 aromatic carbocycles. The summed E-state index contributed by atoms with van der Waals surface area (Å²) in [6.07, 6.45) is 5.90. The predicted octanol–water partition coefficient (Wildman–Crippen LogP) is -1.31. The van der Waals surface area contributed by atoms with E-state index in [2.05, 4.69) is 10.6 Å². The molecule has 2 aliphatic heterocycles. The van der Waals surface area contributed by atoms with Gasteiger partial charge >= 0.3 is 0 Å². The number of quaternary nitrogens is 2. The SMILES string of the molecule is C1C[NH2+][C@@H](C2CC[NH2+]CC2)C1. The minimum atomic E-state index is 1.00. The molecule has 0 amide bonds. The summed E-state index contributed by atoms with van der Waals surface area (Å²) in [7, 11) is 0. The van der Waals surface area contributed by atoms with Crippen molar-refractivity contribution in [1.29, 1.82) is 0 Å². The third-order valence-electron chi connectivity index (χ3n) is 3.30. The van der Waals surface area contributed by atoms with Crippen LogP contribution in [0, 0.1) is 5.92 Å². The van der Waals surface area contributed by atoms with Crippen LogP contribution >= 0.6 is 0 Å². The zero-order valence-electron chi connectivity index (χ0n) is 7.26. The van der Waals surface area contributed by atoms with Crippen LogP contribution in [0.5, 0.6) is 0 Å². The van der Waals surface area contributed by atoms with Gasteiger partial charge in [0.05, 0.1) is 25.7 Å². The molecule has 1 atom stereocenters. The summed E-state index contributed by atoms with van der Waals surface area (Å²) < 4.78 is 0. The molecule has 4 N–H and O–H groups in total. The van der Waals surface area contributed by atoms with Gasteiger partial charge in [0.15, 0.2) is 0 Å². The Morgan fingerprint density at radius 3 is 2.36 bits per heavy atom. The first kappa shape index (κ1) is 7.56. The van der Waals surface area contributed by atoms with Crippen LogP contribution in [0.15, 0.2) is 0 Å². The molecular formula is C9H20N2+2. The van der Waals surface area contributed by atoms with Crippen molar-refractivity contribution < 1.29 is 10.6 Å². The average Bonchev–Trinajstić information content (AvgIpc) is 2.58. The molecule has 0 unspecified atom stereocenters. The van der Waals surface area contributed by atoms with E-state index in [1.165, 1.54) is 45.3 Å². The highest BCUT2D eigenvalue weighted by Crippen LogP contribution is 2.16. The maximum atomic E-state index is 2.58. The van der Waals surface area contributed by atoms with Crippen LogP contribution in [0.4, 0.5) is 0 Å². The number of nitrogens with two attached hydrogens (primary N) is 2. The van der Waals surface area contributed by atoms with Crippen LogP contribution in [-0.4, -0.2) is 25.7 Å². The van der Waals surface area contributed by atoms with Crippen LogP contribution < -0.4 is 10.6 Å². The lowest BCUT2D eigenvalue weighted by Crippen LogP contribution is -2.91. The maximum absolute atomic E-state index is 2.58. The van der Waals surface area contributed by atoms with Gasteiger partial charge in [-0.15, -0.1) is 0 Å². The Kier molecular flexibility index (Phi) is 2.44. The Bertz CT molecular complexity index is 113. The largest absolute Gasteiger partial charge is 0.346 e. The summed E-state index contributed by atoms with van der Waals surface area (Å²) in [5, 5.41) is 5.04. The van der Waals surface area contributed by atoms with Crippen molar-refractivity contribution in [2.75, 3.05) is 19.6 Å². The lowest BCUT2D eigenvalue weighted by Gasteiger charge is -2.23. The van der Waals surface area contributed by atoms with E-state index in [1.54, 1.807) is 0 Å². The highest BCUT2D eigenvalue weighted by Gasteiger charge is 2.30. The second-order valence-electron chi connectivity index (χ2n) is 4.03. The molecule has 2 saturated heterocycles. The Morgan fingerprint density at radius 1 is 0.909 bits per heavy atom. The zero-order valence-corrected chi connectivity index (χ0v) is 7.26. The molecule has 2 fully saturated rings. The van der Waals surface area contributed by atoms with Crippen molar-refractivity contribution in [2.45, 2.75) is 31.7 Å². The standard InChI is InChI=1S/C9H18N2/c1-2-9(11-5-1)8-3-6-10-7-4-8/h8-11H,1-7H2/p+2/t9-/m1/s1. The molecule has 2 nitrogen and oxygen atoms in total. The van der Waals surface area contributed by atoms with Gasteiger partial charge in [0.2, 0.25) is 0 Å². The van der Waals surface area contributed by atoms with Crippen LogP contribution in [0.1, 0.15) is 25.7 Å². The quantitative estimate of drug-likeness (QED) is 0.472. The van der Waals surface area contributed by atoms with E-state index in [0.717, 1.165) is 12.0 Å². The summed E-state index contributed by atoms with van der Waals surface area (Å²) in [5.41, 5.74) is 0. The molecule has 0 aliphatic carbocycles. The molecular weight excluding hydrogens is 136 g/mol. The van der Waals surface area contributed by atoms with Gasteiger partial charge in [0.1, 0.15) is 0 Å². The molecule has 0 aromatic heterocycles. The van der Waals surface area contributed by atoms with Crippen molar-refractivity contribution >= 4 is 0 Å². The van der Waals surface area contributed by atoms with Gasteiger partial charge in [0, 0.05) is 31.6 Å². The van der Waals surface area contributed by atoms with Gasteiger partial charge in [-0.2, -0.15) is 0 Å². The van der Waals surface area contributed by atoms with Gasteiger partial charge < -0.3 is 10.6 Å². The Hall–Kier alpha value is -0.0800. The fourth-order valence-electron chi connectivity index (χ4n) is 2.61. The topological polar surface area (TPSA) is 33.2 Å². The molecule has 0 spiro atoms. The molecule has 11 heavy (non-hydrogen) atoms. The number of hydrogen-bond donors (Lipinski definition) is 2. The summed E-state index contributed by atoms with van der Waals surface area (Å²) in [6, 6.07) is 1.00. The van der Waals surface area contributed by atoms with Crippen LogP contribution in [0.3, 0.4) is 0 Å². The highest BCUT2D eigenvalue weighted by molar-refractivity contribution is 4.72. The molecule has 2 aliphatic rings. The lowest BCUT2D eigenvalue weighted by molar-refractivity contribution is -0.694. The van der Waals surface area contributed by atoms with E-state index in [1.807, 2.05) is 0 Å². The first-order valence-corrected chi connectivity index (χ1v) is 5.12. The summed E-state index contributed by atoms with van der Waals surface area (Å²) >= 11 is 0. The molecule has 2 heteroatoms. The van der Waals surface area contributed by atoms with Crippen LogP contribution in [0.25, 0.3) is 0 Å². The van der Waals surface area contributed by atoms with E-state index >= 15 is 0 Å². The van der Waals surface area contributed by atoms with Crippen molar-refractivity contribution in [2.24, 2.45) is 5.92 Å². The van der Waals surface area contributed by atoms with E-state index in [9.17, 15) is 0 Å². The molecule has 0 aromatic rings. The van der Waals surface area contributed by atoms with Gasteiger partial charge in [-0.25, -0.2) is 0 Å². The first-order valence-electron chi connectivity index (χ1n) is 5.12. The molecule has 64 valence electrons. The third-order valence-corrected chi connectivity index (χ3v) is 3.30. The van der Waals surface area contributed by atoms with Crippen LogP contribution in [-0.2, 0) is 0 Å². The molecule has 2 rings (SSSR count). The monoisotopic (exact) mass is 156 g/mol. The van der Waals surface area contributed by atoms with Gasteiger partial charge in [-0.1, -0.05) is 0 Å².